The van der Waals surface area contributed by atoms with E-state index in [0.29, 0.717) is 30.0 Å². The van der Waals surface area contributed by atoms with Crippen molar-refractivity contribution < 1.29 is 4.79 Å². The zero-order valence-corrected chi connectivity index (χ0v) is 21.2. The van der Waals surface area contributed by atoms with Gasteiger partial charge in [-0.2, -0.15) is 0 Å². The summed E-state index contributed by atoms with van der Waals surface area (Å²) in [5.41, 5.74) is 1.06. The van der Waals surface area contributed by atoms with Crippen molar-refractivity contribution in [2.45, 2.75) is 103 Å². The molecule has 5 rings (SSSR count). The number of benzene rings is 1. The lowest BCUT2D eigenvalue weighted by atomic mass is 9.88. The van der Waals surface area contributed by atoms with Crippen LogP contribution in [0.25, 0.3) is 0 Å². The molecule has 0 radical (unpaired) electrons. The summed E-state index contributed by atoms with van der Waals surface area (Å²) in [5.74, 6) is 3.11. The number of piperidine rings is 1. The fourth-order valence-electron chi connectivity index (χ4n) is 6.81. The van der Waals surface area contributed by atoms with Crippen molar-refractivity contribution in [2.24, 2.45) is 5.92 Å². The van der Waals surface area contributed by atoms with Crippen LogP contribution in [0.2, 0.25) is 0 Å². The summed E-state index contributed by atoms with van der Waals surface area (Å²) >= 11 is 0. The third-order valence-electron chi connectivity index (χ3n) is 8.50. The lowest BCUT2D eigenvalue weighted by molar-refractivity contribution is -0.123. The second-order valence-corrected chi connectivity index (χ2v) is 11.0. The first-order chi connectivity index (χ1) is 16.5. The Kier molecular flexibility index (Phi) is 7.05. The molecule has 3 fully saturated rings. The molecule has 2 saturated heterocycles. The van der Waals surface area contributed by atoms with Gasteiger partial charge < -0.3 is 9.47 Å². The standard InChI is InChI=1S/C28H41N5O/c1-20(2)27-30-29-21(3)33(27)26-18-24-14-15-25(19-26)31(24)16-17-32(23-12-8-5-9-13-23)28(34)22-10-6-4-7-11-22/h5,8-9,12-13,20,22,24-26H,4,6-7,10-11,14-19H2,1-3H3/t24-,25+,26?. The Hall–Kier alpha value is -2.21. The lowest BCUT2D eigenvalue weighted by Crippen LogP contribution is -2.48. The van der Waals surface area contributed by atoms with Crippen LogP contribution in [0.1, 0.15) is 95.2 Å². The molecule has 0 N–H and O–H groups in total. The Bertz CT molecular complexity index is 950. The highest BCUT2D eigenvalue weighted by Crippen LogP contribution is 2.42. The number of fused-ring (bicyclic) bond motifs is 2. The molecular formula is C28H41N5O. The molecule has 1 aromatic heterocycles. The van der Waals surface area contributed by atoms with Crippen molar-refractivity contribution in [1.29, 1.82) is 0 Å². The van der Waals surface area contributed by atoms with Gasteiger partial charge in [0.05, 0.1) is 0 Å². The number of aromatic nitrogens is 3. The van der Waals surface area contributed by atoms with E-state index < -0.39 is 0 Å². The first-order valence-electron chi connectivity index (χ1n) is 13.6. The van der Waals surface area contributed by atoms with Crippen molar-refractivity contribution in [2.75, 3.05) is 18.0 Å². The van der Waals surface area contributed by atoms with Crippen LogP contribution in [0.4, 0.5) is 5.69 Å². The van der Waals surface area contributed by atoms with Gasteiger partial charge in [-0.3, -0.25) is 9.69 Å². The number of aryl methyl sites for hydroxylation is 1. The number of anilines is 1. The third kappa shape index (κ3) is 4.66. The molecule has 1 saturated carbocycles. The van der Waals surface area contributed by atoms with Crippen LogP contribution in [0, 0.1) is 12.8 Å². The predicted molar refractivity (Wildman–Crippen MR) is 136 cm³/mol. The van der Waals surface area contributed by atoms with Gasteiger partial charge in [0.1, 0.15) is 11.6 Å². The summed E-state index contributed by atoms with van der Waals surface area (Å²) in [4.78, 5) is 18.4. The van der Waals surface area contributed by atoms with Crippen LogP contribution >= 0.6 is 0 Å². The van der Waals surface area contributed by atoms with E-state index in [9.17, 15) is 4.79 Å². The molecular weight excluding hydrogens is 422 g/mol. The fraction of sp³-hybridized carbons (Fsp3) is 0.679. The van der Waals surface area contributed by atoms with E-state index in [2.05, 4.69) is 69.6 Å². The van der Waals surface area contributed by atoms with Gasteiger partial charge >= 0.3 is 0 Å². The van der Waals surface area contributed by atoms with Crippen LogP contribution in [0.5, 0.6) is 0 Å². The molecule has 6 heteroatoms. The number of hydrogen-bond acceptors (Lipinski definition) is 4. The van der Waals surface area contributed by atoms with Gasteiger partial charge in [-0.05, 0) is 57.6 Å². The molecule has 34 heavy (non-hydrogen) atoms. The highest BCUT2D eigenvalue weighted by molar-refractivity contribution is 5.95. The number of hydrogen-bond donors (Lipinski definition) is 0. The van der Waals surface area contributed by atoms with Crippen molar-refractivity contribution in [3.63, 3.8) is 0 Å². The SMILES string of the molecule is Cc1nnc(C(C)C)n1C1C[C@H]2CC[C@@H](C1)N2CCN(C(=O)C1CCCCC1)c1ccccc1. The van der Waals surface area contributed by atoms with Crippen molar-refractivity contribution in [3.05, 3.63) is 42.0 Å². The number of carbonyl (C=O) groups excluding carboxylic acids is 1. The molecule has 2 aromatic rings. The first-order valence-corrected chi connectivity index (χ1v) is 13.6. The fourth-order valence-corrected chi connectivity index (χ4v) is 6.81. The van der Waals surface area contributed by atoms with Gasteiger partial charge in [-0.15, -0.1) is 10.2 Å². The average Bonchev–Trinajstić information content (AvgIpc) is 3.35. The molecule has 2 bridgehead atoms. The molecule has 3 heterocycles. The van der Waals surface area contributed by atoms with Crippen LogP contribution in [0.15, 0.2) is 30.3 Å². The van der Waals surface area contributed by atoms with Crippen LogP contribution in [0.3, 0.4) is 0 Å². The number of rotatable bonds is 7. The van der Waals surface area contributed by atoms with Gasteiger partial charge in [0.2, 0.25) is 5.91 Å². The number of carbonyl (C=O) groups is 1. The predicted octanol–water partition coefficient (Wildman–Crippen LogP) is 5.49. The van der Waals surface area contributed by atoms with Gasteiger partial charge in [0.25, 0.3) is 0 Å². The van der Waals surface area contributed by atoms with Gasteiger partial charge in [-0.1, -0.05) is 51.3 Å². The Morgan fingerprint density at radius 3 is 2.29 bits per heavy atom. The normalized spacial score (nSPS) is 25.7. The van der Waals surface area contributed by atoms with E-state index in [-0.39, 0.29) is 5.92 Å². The van der Waals surface area contributed by atoms with Crippen molar-refractivity contribution >= 4 is 11.6 Å². The van der Waals surface area contributed by atoms with E-state index >= 15 is 0 Å². The minimum Gasteiger partial charge on any atom is -0.312 e. The molecule has 1 aromatic carbocycles. The largest absolute Gasteiger partial charge is 0.312 e. The molecule has 1 unspecified atom stereocenters. The zero-order valence-electron chi connectivity index (χ0n) is 21.2. The van der Waals surface area contributed by atoms with E-state index in [0.717, 1.165) is 56.1 Å². The first kappa shape index (κ1) is 23.5. The summed E-state index contributed by atoms with van der Waals surface area (Å²) < 4.78 is 2.43. The Labute approximate surface area is 204 Å². The van der Waals surface area contributed by atoms with Gasteiger partial charge in [0, 0.05) is 48.7 Å². The number of amides is 1. The van der Waals surface area contributed by atoms with Gasteiger partial charge in [-0.25, -0.2) is 0 Å². The second kappa shape index (κ2) is 10.2. The van der Waals surface area contributed by atoms with Crippen LogP contribution < -0.4 is 4.90 Å². The summed E-state index contributed by atoms with van der Waals surface area (Å²) in [6.07, 6.45) is 10.6. The molecule has 6 nitrogen and oxygen atoms in total. The minimum atomic E-state index is 0.197. The summed E-state index contributed by atoms with van der Waals surface area (Å²) in [7, 11) is 0. The van der Waals surface area contributed by atoms with Gasteiger partial charge in [0.15, 0.2) is 0 Å². The average molecular weight is 464 g/mol. The Balaban J connectivity index is 1.29. The number of para-hydroxylation sites is 1. The van der Waals surface area contributed by atoms with Crippen LogP contribution in [-0.4, -0.2) is 50.7 Å². The van der Waals surface area contributed by atoms with E-state index in [4.69, 9.17) is 0 Å². The maximum Gasteiger partial charge on any atom is 0.230 e. The summed E-state index contributed by atoms with van der Waals surface area (Å²) in [6.45, 7) is 8.28. The molecule has 3 atom stereocenters. The van der Waals surface area contributed by atoms with Crippen molar-refractivity contribution in [3.8, 4) is 0 Å². The highest BCUT2D eigenvalue weighted by atomic mass is 16.2. The Morgan fingerprint density at radius 2 is 1.65 bits per heavy atom. The second-order valence-electron chi connectivity index (χ2n) is 11.0. The van der Waals surface area contributed by atoms with E-state index in [1.165, 1.54) is 32.1 Å². The molecule has 2 aliphatic heterocycles. The summed E-state index contributed by atoms with van der Waals surface area (Å²) in [5, 5.41) is 8.91. The summed E-state index contributed by atoms with van der Waals surface area (Å²) in [6, 6.07) is 12.0. The topological polar surface area (TPSA) is 54.3 Å². The van der Waals surface area contributed by atoms with Crippen molar-refractivity contribution in [1.82, 2.24) is 19.7 Å². The van der Waals surface area contributed by atoms with E-state index in [1.807, 2.05) is 6.07 Å². The monoisotopic (exact) mass is 463 g/mol. The van der Waals surface area contributed by atoms with Crippen LogP contribution in [-0.2, 0) is 4.79 Å². The van der Waals surface area contributed by atoms with E-state index in [1.54, 1.807) is 0 Å². The minimum absolute atomic E-state index is 0.197. The molecule has 3 aliphatic rings. The maximum atomic E-state index is 13.6. The molecule has 1 aliphatic carbocycles. The maximum absolute atomic E-state index is 13.6. The lowest BCUT2D eigenvalue weighted by Gasteiger charge is -2.41. The quantitative estimate of drug-likeness (QED) is 0.545. The third-order valence-corrected chi connectivity index (χ3v) is 8.50. The number of nitrogens with zero attached hydrogens (tertiary/aromatic N) is 5. The molecule has 184 valence electrons. The molecule has 0 spiro atoms. The zero-order chi connectivity index (χ0) is 23.7. The molecule has 1 amide bonds. The smallest absolute Gasteiger partial charge is 0.230 e. The highest BCUT2D eigenvalue weighted by Gasteiger charge is 2.42. The Morgan fingerprint density at radius 1 is 0.971 bits per heavy atom.